The summed E-state index contributed by atoms with van der Waals surface area (Å²) in [6, 6.07) is 13.7. The summed E-state index contributed by atoms with van der Waals surface area (Å²) in [6.45, 7) is 2.28. The van der Waals surface area contributed by atoms with Crippen LogP contribution in [-0.4, -0.2) is 68.7 Å². The lowest BCUT2D eigenvalue weighted by Crippen LogP contribution is -2.38. The third kappa shape index (κ3) is 4.93. The molecule has 0 bridgehead atoms. The van der Waals surface area contributed by atoms with Crippen LogP contribution in [0.2, 0.25) is 0 Å². The van der Waals surface area contributed by atoms with Gasteiger partial charge < -0.3 is 14.4 Å². The molecule has 29 heavy (non-hydrogen) atoms. The molecule has 1 aromatic carbocycles. The van der Waals surface area contributed by atoms with Crippen LogP contribution in [0, 0.1) is 0 Å². The lowest BCUT2D eigenvalue weighted by Gasteiger charge is -2.25. The lowest BCUT2D eigenvalue weighted by atomic mass is 10.1. The quantitative estimate of drug-likeness (QED) is 0.529. The Morgan fingerprint density at radius 1 is 0.931 bits per heavy atom. The average Bonchev–Trinajstić information content (AvgIpc) is 3.34. The van der Waals surface area contributed by atoms with E-state index in [1.807, 2.05) is 52.7 Å². The van der Waals surface area contributed by atoms with E-state index in [2.05, 4.69) is 0 Å². The highest BCUT2D eigenvalue weighted by Gasteiger charge is 2.41. The molecule has 2 aromatic rings. The minimum atomic E-state index is -0.249. The Morgan fingerprint density at radius 2 is 1.62 bits per heavy atom. The number of nitrogens with zero attached hydrogens (tertiary/aromatic N) is 2. The number of benzene rings is 1. The summed E-state index contributed by atoms with van der Waals surface area (Å²) >= 11 is 1.46. The van der Waals surface area contributed by atoms with E-state index in [9.17, 15) is 9.59 Å². The molecular weight excluding hydrogens is 388 g/mol. The van der Waals surface area contributed by atoms with Crippen molar-refractivity contribution < 1.29 is 19.1 Å². The van der Waals surface area contributed by atoms with Gasteiger partial charge in [0.15, 0.2) is 0 Å². The molecular formula is C22H26N2O4S. The SMILES string of the molecule is COCCN(CCOC)C1=C(c2cccs2)C(=O)N(CCc2ccccc2)C1=O. The molecule has 2 amide bonds. The van der Waals surface area contributed by atoms with Crippen molar-refractivity contribution in [1.82, 2.24) is 9.80 Å². The second kappa shape index (κ2) is 10.3. The molecule has 6 nitrogen and oxygen atoms in total. The number of imide groups is 1. The first-order chi connectivity index (χ1) is 14.2. The smallest absolute Gasteiger partial charge is 0.277 e. The molecule has 0 N–H and O–H groups in total. The maximum Gasteiger partial charge on any atom is 0.277 e. The Balaban J connectivity index is 1.90. The van der Waals surface area contributed by atoms with Gasteiger partial charge in [0.25, 0.3) is 11.8 Å². The van der Waals surface area contributed by atoms with Crippen molar-refractivity contribution in [1.29, 1.82) is 0 Å². The zero-order valence-electron chi connectivity index (χ0n) is 16.8. The topological polar surface area (TPSA) is 59.1 Å². The number of methoxy groups -OCH3 is 2. The number of carbonyl (C=O) groups excluding carboxylic acids is 2. The van der Waals surface area contributed by atoms with Crippen molar-refractivity contribution in [2.75, 3.05) is 47.1 Å². The van der Waals surface area contributed by atoms with Crippen LogP contribution in [0.15, 0.2) is 53.5 Å². The fourth-order valence-corrected chi connectivity index (χ4v) is 4.09. The summed E-state index contributed by atoms with van der Waals surface area (Å²) in [5.41, 5.74) is 2.01. The van der Waals surface area contributed by atoms with Gasteiger partial charge in [-0.2, -0.15) is 0 Å². The van der Waals surface area contributed by atoms with E-state index in [1.165, 1.54) is 16.2 Å². The van der Waals surface area contributed by atoms with Gasteiger partial charge >= 0.3 is 0 Å². The Labute approximate surface area is 175 Å². The zero-order valence-corrected chi connectivity index (χ0v) is 17.6. The second-order valence-corrected chi connectivity index (χ2v) is 7.62. The van der Waals surface area contributed by atoms with E-state index in [4.69, 9.17) is 9.47 Å². The predicted octanol–water partition coefficient (Wildman–Crippen LogP) is 2.67. The van der Waals surface area contributed by atoms with E-state index >= 15 is 0 Å². The molecule has 0 unspecified atom stereocenters. The monoisotopic (exact) mass is 414 g/mol. The number of hydrogen-bond donors (Lipinski definition) is 0. The van der Waals surface area contributed by atoms with Crippen LogP contribution in [0.4, 0.5) is 0 Å². The number of rotatable bonds is 11. The second-order valence-electron chi connectivity index (χ2n) is 6.67. The molecule has 0 radical (unpaired) electrons. The maximum absolute atomic E-state index is 13.3. The normalized spacial score (nSPS) is 14.2. The number of amides is 2. The van der Waals surface area contributed by atoms with Gasteiger partial charge in [-0.3, -0.25) is 14.5 Å². The molecule has 7 heteroatoms. The number of hydrogen-bond acceptors (Lipinski definition) is 6. The van der Waals surface area contributed by atoms with E-state index in [1.54, 1.807) is 14.2 Å². The molecule has 0 fully saturated rings. The highest BCUT2D eigenvalue weighted by atomic mass is 32.1. The van der Waals surface area contributed by atoms with E-state index in [-0.39, 0.29) is 11.8 Å². The third-order valence-corrected chi connectivity index (χ3v) is 5.71. The lowest BCUT2D eigenvalue weighted by molar-refractivity contribution is -0.137. The van der Waals surface area contributed by atoms with Gasteiger partial charge in [-0.05, 0) is 23.4 Å². The van der Waals surface area contributed by atoms with Crippen LogP contribution in [0.5, 0.6) is 0 Å². The van der Waals surface area contributed by atoms with E-state index in [0.29, 0.717) is 50.5 Å². The summed E-state index contributed by atoms with van der Waals surface area (Å²) < 4.78 is 10.4. The summed E-state index contributed by atoms with van der Waals surface area (Å²) in [4.78, 5) is 30.7. The standard InChI is InChI=1S/C22H26N2O4S/c1-27-14-12-23(13-15-28-2)20-19(18-9-6-16-29-18)21(25)24(22(20)26)11-10-17-7-4-3-5-8-17/h3-9,16H,10-15H2,1-2H3. The maximum atomic E-state index is 13.3. The average molecular weight is 415 g/mol. The fraction of sp³-hybridized carbons (Fsp3) is 0.364. The van der Waals surface area contributed by atoms with Gasteiger partial charge in [-0.15, -0.1) is 11.3 Å². The fourth-order valence-electron chi connectivity index (χ4n) is 3.33. The first-order valence-electron chi connectivity index (χ1n) is 9.58. The molecule has 0 atom stereocenters. The molecule has 3 rings (SSSR count). The molecule has 1 aliphatic heterocycles. The van der Waals surface area contributed by atoms with Crippen molar-refractivity contribution in [2.45, 2.75) is 6.42 Å². The van der Waals surface area contributed by atoms with E-state index < -0.39 is 0 Å². The van der Waals surface area contributed by atoms with Crippen LogP contribution in [0.1, 0.15) is 10.4 Å². The first-order valence-corrected chi connectivity index (χ1v) is 10.5. The summed E-state index contributed by atoms with van der Waals surface area (Å²) in [5, 5.41) is 1.92. The number of carbonyl (C=O) groups is 2. The van der Waals surface area contributed by atoms with Crippen LogP contribution in [0.3, 0.4) is 0 Å². The minimum absolute atomic E-state index is 0.233. The number of ether oxygens (including phenoxy) is 2. The van der Waals surface area contributed by atoms with Crippen molar-refractivity contribution in [3.05, 3.63) is 64.0 Å². The van der Waals surface area contributed by atoms with Crippen LogP contribution in [0.25, 0.3) is 5.57 Å². The molecule has 0 spiro atoms. The molecule has 154 valence electrons. The summed E-state index contributed by atoms with van der Waals surface area (Å²) in [7, 11) is 3.24. The number of thiophene rings is 1. The largest absolute Gasteiger partial charge is 0.383 e. The predicted molar refractivity (Wildman–Crippen MR) is 113 cm³/mol. The summed E-state index contributed by atoms with van der Waals surface area (Å²) in [5.74, 6) is -0.482. The molecule has 2 heterocycles. The zero-order chi connectivity index (χ0) is 20.6. The van der Waals surface area contributed by atoms with Gasteiger partial charge in [0.1, 0.15) is 5.70 Å². The van der Waals surface area contributed by atoms with Crippen LogP contribution >= 0.6 is 11.3 Å². The Morgan fingerprint density at radius 3 is 2.21 bits per heavy atom. The van der Waals surface area contributed by atoms with Crippen molar-refractivity contribution in [3.63, 3.8) is 0 Å². The highest BCUT2D eigenvalue weighted by Crippen LogP contribution is 2.34. The Kier molecular flexibility index (Phi) is 7.57. The van der Waals surface area contributed by atoms with Crippen LogP contribution < -0.4 is 0 Å². The molecule has 0 saturated heterocycles. The Hall–Kier alpha value is -2.48. The first kappa shape index (κ1) is 21.2. The van der Waals surface area contributed by atoms with Crippen molar-refractivity contribution in [3.8, 4) is 0 Å². The van der Waals surface area contributed by atoms with Gasteiger partial charge in [0.2, 0.25) is 0 Å². The molecule has 1 aromatic heterocycles. The highest BCUT2D eigenvalue weighted by molar-refractivity contribution is 7.11. The van der Waals surface area contributed by atoms with Crippen molar-refractivity contribution >= 4 is 28.7 Å². The minimum Gasteiger partial charge on any atom is -0.383 e. The molecule has 0 saturated carbocycles. The van der Waals surface area contributed by atoms with Gasteiger partial charge in [0.05, 0.1) is 18.8 Å². The third-order valence-electron chi connectivity index (χ3n) is 4.82. The van der Waals surface area contributed by atoms with Crippen molar-refractivity contribution in [2.24, 2.45) is 0 Å². The van der Waals surface area contributed by atoms with Gasteiger partial charge in [-0.25, -0.2) is 0 Å². The van der Waals surface area contributed by atoms with Gasteiger partial charge in [-0.1, -0.05) is 36.4 Å². The Bertz CT molecular complexity index is 841. The molecule has 0 aliphatic carbocycles. The summed E-state index contributed by atoms with van der Waals surface area (Å²) in [6.07, 6.45) is 0.624. The molecule has 1 aliphatic rings. The van der Waals surface area contributed by atoms with E-state index in [0.717, 1.165) is 10.4 Å². The van der Waals surface area contributed by atoms with Crippen LogP contribution in [-0.2, 0) is 25.5 Å². The van der Waals surface area contributed by atoms with Gasteiger partial charge in [0, 0.05) is 38.7 Å².